The maximum absolute atomic E-state index is 12.5. The van der Waals surface area contributed by atoms with Crippen LogP contribution in [0.15, 0.2) is 16.9 Å². The molecule has 0 radical (unpaired) electrons. The largest absolute Gasteiger partial charge is 0.339 e. The van der Waals surface area contributed by atoms with Crippen molar-refractivity contribution in [3.8, 4) is 0 Å². The lowest BCUT2D eigenvalue weighted by molar-refractivity contribution is 0.0927. The van der Waals surface area contributed by atoms with Crippen LogP contribution in [0, 0.1) is 12.8 Å². The molecule has 3 aromatic rings. The summed E-state index contributed by atoms with van der Waals surface area (Å²) < 4.78 is 6.71. The average molecular weight is 363 g/mol. The van der Waals surface area contributed by atoms with E-state index in [-0.39, 0.29) is 10.7 Å². The van der Waals surface area contributed by atoms with E-state index in [1.54, 1.807) is 19.3 Å². The van der Waals surface area contributed by atoms with Crippen molar-refractivity contribution in [2.75, 3.05) is 0 Å². The monoisotopic (exact) mass is 362 g/mol. The molecular weight excluding hydrogens is 344 g/mol. The number of nitrogens with one attached hydrogen (secondary N) is 1. The summed E-state index contributed by atoms with van der Waals surface area (Å²) >= 11 is 6.24. The van der Waals surface area contributed by atoms with Crippen LogP contribution in [0.25, 0.3) is 5.65 Å². The number of aromatic nitrogens is 5. The zero-order chi connectivity index (χ0) is 18.1. The number of hydrogen-bond donors (Lipinski definition) is 1. The Morgan fingerprint density at radius 2 is 2.16 bits per heavy atom. The van der Waals surface area contributed by atoms with Gasteiger partial charge in [0.25, 0.3) is 5.91 Å². The second kappa shape index (κ2) is 6.79. The highest BCUT2D eigenvalue weighted by molar-refractivity contribution is 6.36. The average Bonchev–Trinajstić information content (AvgIpc) is 3.11. The molecule has 25 heavy (non-hydrogen) atoms. The number of halogens is 1. The van der Waals surface area contributed by atoms with Crippen molar-refractivity contribution in [2.24, 2.45) is 5.92 Å². The third-order valence-electron chi connectivity index (χ3n) is 3.55. The number of hydrogen-bond acceptors (Lipinski definition) is 6. The van der Waals surface area contributed by atoms with E-state index in [1.165, 1.54) is 4.52 Å². The van der Waals surface area contributed by atoms with E-state index in [0.29, 0.717) is 29.7 Å². The Bertz CT molecular complexity index is 917. The van der Waals surface area contributed by atoms with Crippen LogP contribution < -0.4 is 5.32 Å². The minimum Gasteiger partial charge on any atom is -0.339 e. The highest BCUT2D eigenvalue weighted by atomic mass is 35.5. The maximum atomic E-state index is 12.5. The lowest BCUT2D eigenvalue weighted by Gasteiger charge is -2.08. The summed E-state index contributed by atoms with van der Waals surface area (Å²) in [4.78, 5) is 21.0. The van der Waals surface area contributed by atoms with Gasteiger partial charge in [-0.25, -0.2) is 9.50 Å². The quantitative estimate of drug-likeness (QED) is 0.749. The molecule has 0 spiro atoms. The lowest BCUT2D eigenvalue weighted by atomic mass is 10.1. The van der Waals surface area contributed by atoms with Gasteiger partial charge in [0.15, 0.2) is 17.2 Å². The number of nitrogens with zero attached hydrogens (tertiary/aromatic N) is 5. The molecule has 132 valence electrons. The van der Waals surface area contributed by atoms with Gasteiger partial charge < -0.3 is 9.84 Å². The highest BCUT2D eigenvalue weighted by Crippen LogP contribution is 2.21. The Kier molecular flexibility index (Phi) is 4.71. The normalized spacial score (nSPS) is 12.7. The fraction of sp³-hybridized carbons (Fsp3) is 0.438. The SMILES string of the molecule is Cc1cnc2c(Cl)c(C(=O)NC(C)c3nc(CC(C)C)no3)nn2c1. The van der Waals surface area contributed by atoms with E-state index in [4.69, 9.17) is 16.1 Å². The van der Waals surface area contributed by atoms with Crippen LogP contribution in [-0.4, -0.2) is 30.6 Å². The van der Waals surface area contributed by atoms with Crippen LogP contribution in [0.4, 0.5) is 0 Å². The molecule has 8 nitrogen and oxygen atoms in total. The van der Waals surface area contributed by atoms with Gasteiger partial charge in [0.2, 0.25) is 5.89 Å². The van der Waals surface area contributed by atoms with Gasteiger partial charge in [0.1, 0.15) is 11.1 Å². The maximum Gasteiger partial charge on any atom is 0.274 e. The van der Waals surface area contributed by atoms with Crippen LogP contribution in [0.3, 0.4) is 0 Å². The number of carbonyl (C=O) groups is 1. The molecule has 1 N–H and O–H groups in total. The molecule has 0 saturated heterocycles. The molecule has 1 unspecified atom stereocenters. The first-order chi connectivity index (χ1) is 11.8. The van der Waals surface area contributed by atoms with Gasteiger partial charge in [-0.15, -0.1) is 0 Å². The number of rotatable bonds is 5. The van der Waals surface area contributed by atoms with Crippen molar-refractivity contribution in [2.45, 2.75) is 40.2 Å². The van der Waals surface area contributed by atoms with Crippen molar-refractivity contribution in [1.29, 1.82) is 0 Å². The van der Waals surface area contributed by atoms with Gasteiger partial charge >= 0.3 is 0 Å². The van der Waals surface area contributed by atoms with Crippen LogP contribution in [-0.2, 0) is 6.42 Å². The van der Waals surface area contributed by atoms with E-state index in [9.17, 15) is 4.79 Å². The summed E-state index contributed by atoms with van der Waals surface area (Å²) in [5.41, 5.74) is 1.45. The Morgan fingerprint density at radius 1 is 1.40 bits per heavy atom. The molecule has 1 atom stereocenters. The minimum atomic E-state index is -0.462. The van der Waals surface area contributed by atoms with E-state index >= 15 is 0 Å². The standard InChI is InChI=1S/C16H19ClN6O2/c1-8(2)5-11-20-16(25-22-11)10(4)19-15(24)13-12(17)14-18-6-9(3)7-23(14)21-13/h6-8,10H,5H2,1-4H3,(H,19,24). The van der Waals surface area contributed by atoms with Crippen LogP contribution in [0.5, 0.6) is 0 Å². The van der Waals surface area contributed by atoms with Gasteiger partial charge in [0, 0.05) is 18.8 Å². The third kappa shape index (κ3) is 3.63. The Balaban J connectivity index is 1.77. The minimum absolute atomic E-state index is 0.105. The Labute approximate surface area is 149 Å². The summed E-state index contributed by atoms with van der Waals surface area (Å²) in [5, 5.41) is 11.1. The van der Waals surface area contributed by atoms with Crippen LogP contribution >= 0.6 is 11.6 Å². The molecule has 0 aliphatic carbocycles. The molecule has 3 heterocycles. The smallest absolute Gasteiger partial charge is 0.274 e. The predicted molar refractivity (Wildman–Crippen MR) is 91.5 cm³/mol. The second-order valence-corrected chi connectivity index (χ2v) is 6.78. The molecule has 0 aromatic carbocycles. The first kappa shape index (κ1) is 17.3. The fourth-order valence-electron chi connectivity index (χ4n) is 2.36. The molecule has 1 amide bonds. The zero-order valence-corrected chi connectivity index (χ0v) is 15.2. The fourth-order valence-corrected chi connectivity index (χ4v) is 2.62. The second-order valence-electron chi connectivity index (χ2n) is 6.40. The summed E-state index contributed by atoms with van der Waals surface area (Å²) in [5.74, 6) is 0.960. The molecule has 0 aliphatic rings. The van der Waals surface area contributed by atoms with Crippen LogP contribution in [0.1, 0.15) is 54.6 Å². The van der Waals surface area contributed by atoms with Gasteiger partial charge in [-0.1, -0.05) is 30.6 Å². The molecule has 3 rings (SSSR count). The Morgan fingerprint density at radius 3 is 2.88 bits per heavy atom. The van der Waals surface area contributed by atoms with Gasteiger partial charge in [-0.05, 0) is 25.3 Å². The topological polar surface area (TPSA) is 98.2 Å². The molecule has 3 aromatic heterocycles. The van der Waals surface area contributed by atoms with Crippen molar-refractivity contribution in [3.63, 3.8) is 0 Å². The first-order valence-electron chi connectivity index (χ1n) is 7.99. The molecule has 0 saturated carbocycles. The van der Waals surface area contributed by atoms with Gasteiger partial charge in [-0.2, -0.15) is 10.1 Å². The highest BCUT2D eigenvalue weighted by Gasteiger charge is 2.23. The van der Waals surface area contributed by atoms with Crippen molar-refractivity contribution in [1.82, 2.24) is 30.1 Å². The number of fused-ring (bicyclic) bond motifs is 1. The van der Waals surface area contributed by atoms with Gasteiger partial charge in [-0.3, -0.25) is 4.79 Å². The van der Waals surface area contributed by atoms with E-state index in [2.05, 4.69) is 39.4 Å². The van der Waals surface area contributed by atoms with E-state index < -0.39 is 11.9 Å². The molecule has 0 bridgehead atoms. The third-order valence-corrected chi connectivity index (χ3v) is 3.90. The van der Waals surface area contributed by atoms with E-state index in [0.717, 1.165) is 5.56 Å². The lowest BCUT2D eigenvalue weighted by Crippen LogP contribution is -2.27. The summed E-state index contributed by atoms with van der Waals surface area (Å²) in [6, 6.07) is -0.462. The predicted octanol–water partition coefficient (Wildman–Crippen LogP) is 2.76. The number of aryl methyl sites for hydroxylation is 1. The first-order valence-corrected chi connectivity index (χ1v) is 8.36. The number of amides is 1. The molecule has 0 fully saturated rings. The molecule has 0 aliphatic heterocycles. The van der Waals surface area contributed by atoms with Crippen molar-refractivity contribution in [3.05, 3.63) is 40.4 Å². The van der Waals surface area contributed by atoms with Gasteiger partial charge in [0.05, 0.1) is 0 Å². The van der Waals surface area contributed by atoms with Crippen molar-refractivity contribution >= 4 is 23.2 Å². The van der Waals surface area contributed by atoms with Crippen molar-refractivity contribution < 1.29 is 9.32 Å². The summed E-state index contributed by atoms with van der Waals surface area (Å²) in [6.07, 6.45) is 4.14. The molecular formula is C16H19ClN6O2. The number of carbonyl (C=O) groups excluding carboxylic acids is 1. The van der Waals surface area contributed by atoms with E-state index in [1.807, 2.05) is 6.92 Å². The summed E-state index contributed by atoms with van der Waals surface area (Å²) in [7, 11) is 0. The zero-order valence-electron chi connectivity index (χ0n) is 14.4. The molecule has 9 heteroatoms. The van der Waals surface area contributed by atoms with Crippen LogP contribution in [0.2, 0.25) is 5.02 Å². The Hall–Kier alpha value is -2.48. The summed E-state index contributed by atoms with van der Waals surface area (Å²) in [6.45, 7) is 7.79.